The number of aromatic nitrogens is 2. The molecule has 1 aromatic heterocycles. The molecule has 0 bridgehead atoms. The van der Waals surface area contributed by atoms with E-state index in [4.69, 9.17) is 4.74 Å². The molecule has 1 N–H and O–H groups in total. The van der Waals surface area contributed by atoms with Crippen LogP contribution in [0.15, 0.2) is 36.2 Å². The topological polar surface area (TPSA) is 108 Å². The Morgan fingerprint density at radius 2 is 1.85 bits per heavy atom. The third-order valence-electron chi connectivity index (χ3n) is 9.38. The summed E-state index contributed by atoms with van der Waals surface area (Å²) in [5.41, 5.74) is 1.74. The van der Waals surface area contributed by atoms with Crippen molar-refractivity contribution in [2.75, 3.05) is 51.3 Å². The van der Waals surface area contributed by atoms with E-state index in [0.717, 1.165) is 64.5 Å². The van der Waals surface area contributed by atoms with Gasteiger partial charge in [0.25, 0.3) is 5.91 Å². The van der Waals surface area contributed by atoms with Crippen LogP contribution in [0.25, 0.3) is 0 Å². The highest BCUT2D eigenvalue weighted by atomic mass is 32.2. The monoisotopic (exact) mass is 586 g/mol. The Bertz CT molecular complexity index is 1220. The third kappa shape index (κ3) is 7.74. The number of piperidine rings is 2. The van der Waals surface area contributed by atoms with Gasteiger partial charge in [-0.2, -0.15) is 0 Å². The van der Waals surface area contributed by atoms with E-state index >= 15 is 0 Å². The molecular weight excluding hydrogens is 540 g/mol. The molecule has 41 heavy (non-hydrogen) atoms. The van der Waals surface area contributed by atoms with E-state index in [1.807, 2.05) is 4.90 Å². The minimum Gasteiger partial charge on any atom is -0.373 e. The number of carbonyl (C=O) groups is 1. The third-order valence-corrected chi connectivity index (χ3v) is 10.7. The zero-order valence-electron chi connectivity index (χ0n) is 24.7. The lowest BCUT2D eigenvalue weighted by Crippen LogP contribution is -2.52. The molecule has 1 unspecified atom stereocenters. The molecule has 1 aliphatic carbocycles. The van der Waals surface area contributed by atoms with E-state index in [-0.39, 0.29) is 24.2 Å². The van der Waals surface area contributed by atoms with Crippen LogP contribution in [0.4, 0.5) is 5.82 Å². The normalized spacial score (nSPS) is 27.2. The van der Waals surface area contributed by atoms with Crippen molar-refractivity contribution in [2.24, 2.45) is 5.92 Å². The molecular formula is C30H46N6O4S. The molecule has 3 saturated heterocycles. The van der Waals surface area contributed by atoms with E-state index in [0.29, 0.717) is 43.1 Å². The lowest BCUT2D eigenvalue weighted by molar-refractivity contribution is -0.0615. The van der Waals surface area contributed by atoms with E-state index in [2.05, 4.69) is 45.3 Å². The van der Waals surface area contributed by atoms with Crippen molar-refractivity contribution in [2.45, 2.75) is 82.6 Å². The Hall–Kier alpha value is -2.34. The number of anilines is 1. The van der Waals surface area contributed by atoms with Gasteiger partial charge in [-0.05, 0) is 71.4 Å². The second kappa shape index (κ2) is 13.3. The van der Waals surface area contributed by atoms with Crippen LogP contribution in [0.5, 0.6) is 0 Å². The molecule has 0 aromatic carbocycles. The maximum atomic E-state index is 13.3. The van der Waals surface area contributed by atoms with Crippen LogP contribution >= 0.6 is 0 Å². The van der Waals surface area contributed by atoms with Crippen LogP contribution in [0.3, 0.4) is 0 Å². The van der Waals surface area contributed by atoms with Crippen LogP contribution in [0.2, 0.25) is 0 Å². The predicted octanol–water partition coefficient (Wildman–Crippen LogP) is 3.31. The Labute approximate surface area is 245 Å². The van der Waals surface area contributed by atoms with Crippen molar-refractivity contribution in [3.8, 4) is 0 Å². The maximum absolute atomic E-state index is 13.3. The summed E-state index contributed by atoms with van der Waals surface area (Å²) in [7, 11) is -1.48. The molecule has 4 aliphatic rings. The van der Waals surface area contributed by atoms with Gasteiger partial charge in [0.05, 0.1) is 18.5 Å². The number of amides is 1. The zero-order valence-corrected chi connectivity index (χ0v) is 25.6. The number of carbonyl (C=O) groups excluding carboxylic acids is 1. The van der Waals surface area contributed by atoms with Crippen LogP contribution < -0.4 is 5.32 Å². The molecule has 10 nitrogen and oxygen atoms in total. The van der Waals surface area contributed by atoms with Crippen molar-refractivity contribution in [3.05, 3.63) is 41.9 Å². The summed E-state index contributed by atoms with van der Waals surface area (Å²) in [4.78, 5) is 26.3. The minimum atomic E-state index is -3.16. The van der Waals surface area contributed by atoms with Gasteiger partial charge in [-0.1, -0.05) is 23.8 Å². The molecule has 226 valence electrons. The average Bonchev–Trinajstić information content (AvgIpc) is 3.00. The summed E-state index contributed by atoms with van der Waals surface area (Å²) in [6, 6.07) is 2.26. The van der Waals surface area contributed by atoms with Gasteiger partial charge in [-0.3, -0.25) is 4.79 Å². The molecule has 3 fully saturated rings. The summed E-state index contributed by atoms with van der Waals surface area (Å²) in [5.74, 6) is 1.05. The van der Waals surface area contributed by atoms with Gasteiger partial charge in [-0.15, -0.1) is 0 Å². The van der Waals surface area contributed by atoms with E-state index in [1.54, 1.807) is 13.1 Å². The highest BCUT2D eigenvalue weighted by Gasteiger charge is 2.33. The molecule has 5 rings (SSSR count). The molecule has 4 heterocycles. The summed E-state index contributed by atoms with van der Waals surface area (Å²) in [6.07, 6.45) is 17.8. The number of hydrogen-bond acceptors (Lipinski definition) is 8. The summed E-state index contributed by atoms with van der Waals surface area (Å²) < 4.78 is 31.7. The van der Waals surface area contributed by atoms with Crippen molar-refractivity contribution >= 4 is 21.7 Å². The van der Waals surface area contributed by atoms with E-state index in [1.165, 1.54) is 22.5 Å². The number of nitrogens with one attached hydrogen (secondary N) is 1. The molecule has 11 heteroatoms. The maximum Gasteiger partial charge on any atom is 0.272 e. The largest absolute Gasteiger partial charge is 0.373 e. The van der Waals surface area contributed by atoms with Crippen molar-refractivity contribution in [1.29, 1.82) is 0 Å². The number of nitrogens with zero attached hydrogens (tertiary/aromatic N) is 5. The van der Waals surface area contributed by atoms with Crippen molar-refractivity contribution < 1.29 is 17.9 Å². The number of ether oxygens (including phenoxy) is 1. The van der Waals surface area contributed by atoms with Gasteiger partial charge in [0, 0.05) is 50.7 Å². The van der Waals surface area contributed by atoms with Crippen molar-refractivity contribution in [3.63, 3.8) is 0 Å². The Balaban J connectivity index is 1.07. The second-order valence-corrected chi connectivity index (χ2v) is 14.2. The lowest BCUT2D eigenvalue weighted by atomic mass is 9.87. The second-order valence-electron chi connectivity index (χ2n) is 12.2. The van der Waals surface area contributed by atoms with Crippen LogP contribution in [-0.2, 0) is 14.8 Å². The number of likely N-dealkylation sites (tertiary alicyclic amines) is 2. The highest BCUT2D eigenvalue weighted by molar-refractivity contribution is 7.88. The first-order chi connectivity index (χ1) is 19.7. The first kappa shape index (κ1) is 30.1. The Morgan fingerprint density at radius 1 is 1.10 bits per heavy atom. The molecule has 3 aliphatic heterocycles. The van der Waals surface area contributed by atoms with Gasteiger partial charge in [0.1, 0.15) is 17.8 Å². The molecule has 1 aromatic rings. The van der Waals surface area contributed by atoms with Gasteiger partial charge < -0.3 is 19.9 Å². The molecule has 0 radical (unpaired) electrons. The van der Waals surface area contributed by atoms with Gasteiger partial charge in [0.2, 0.25) is 10.0 Å². The van der Waals surface area contributed by atoms with Gasteiger partial charge in [0.15, 0.2) is 0 Å². The van der Waals surface area contributed by atoms with Crippen molar-refractivity contribution in [1.82, 2.24) is 24.1 Å². The number of sulfonamides is 1. The van der Waals surface area contributed by atoms with Gasteiger partial charge in [-0.25, -0.2) is 22.7 Å². The fourth-order valence-corrected chi connectivity index (χ4v) is 7.44. The smallest absolute Gasteiger partial charge is 0.272 e. The Kier molecular flexibility index (Phi) is 9.78. The first-order valence-electron chi connectivity index (χ1n) is 15.2. The average molecular weight is 587 g/mol. The Morgan fingerprint density at radius 3 is 2.54 bits per heavy atom. The molecule has 0 saturated carbocycles. The molecule has 1 amide bonds. The first-order valence-corrected chi connectivity index (χ1v) is 17.0. The number of rotatable bonds is 8. The zero-order chi connectivity index (χ0) is 29.0. The number of allylic oxidation sites excluding steroid dienone is 3. The summed E-state index contributed by atoms with van der Waals surface area (Å²) in [6.45, 7) is 5.98. The quantitative estimate of drug-likeness (QED) is 0.495. The van der Waals surface area contributed by atoms with E-state index in [9.17, 15) is 13.2 Å². The fraction of sp³-hybridized carbons (Fsp3) is 0.700. The molecule has 3 atom stereocenters. The fourth-order valence-electron chi connectivity index (χ4n) is 6.69. The number of hydrogen-bond donors (Lipinski definition) is 1. The summed E-state index contributed by atoms with van der Waals surface area (Å²) >= 11 is 0. The van der Waals surface area contributed by atoms with E-state index < -0.39 is 10.0 Å². The minimum absolute atomic E-state index is 0.0520. The van der Waals surface area contributed by atoms with Crippen LogP contribution in [-0.4, -0.2) is 109 Å². The highest BCUT2D eigenvalue weighted by Crippen LogP contribution is 2.30. The lowest BCUT2D eigenvalue weighted by Gasteiger charge is -2.42. The van der Waals surface area contributed by atoms with Crippen LogP contribution in [0.1, 0.15) is 68.8 Å². The standard InChI is InChI=1S/C30H46N6O4S/c1-22-7-9-23(10-8-22)28-6-4-5-26(40-28)20-31-29-19-27(32-21-33-29)30(37)36-17-13-25(14-18-36)35-15-11-24(12-16-35)34(2)41(3,38)39/h7-9,19,21,23-26,28H,4-6,10-18,20H2,1-3H3,(H,31,32,33)/t23?,26-,28+/m1/s1. The molecule has 0 spiro atoms. The van der Waals surface area contributed by atoms with Crippen LogP contribution in [0, 0.1) is 5.92 Å². The van der Waals surface area contributed by atoms with Gasteiger partial charge >= 0.3 is 0 Å². The predicted molar refractivity (Wildman–Crippen MR) is 160 cm³/mol. The summed E-state index contributed by atoms with van der Waals surface area (Å²) in [5, 5.41) is 3.39. The SMILES string of the molecule is CC1=CCC([C@@H]2CCC[C@H](CNc3cc(C(=O)N4CCC(N5CCC(N(C)S(C)(=O)=O)CC5)CC4)ncn3)O2)C=C1.